The maximum Gasteiger partial charge on any atom is 0.249 e. The van der Waals surface area contributed by atoms with Gasteiger partial charge in [-0.3, -0.25) is 14.4 Å². The summed E-state index contributed by atoms with van der Waals surface area (Å²) in [7, 11) is -3.71. The first-order chi connectivity index (χ1) is 12.6. The Morgan fingerprint density at radius 1 is 1.33 bits per heavy atom. The number of aromatic nitrogens is 2. The second-order valence-corrected chi connectivity index (χ2v) is 10.8. The normalized spacial score (nSPS) is 12.8. The zero-order valence-corrected chi connectivity index (χ0v) is 18.5. The smallest absolute Gasteiger partial charge is 0.249 e. The molecule has 1 heterocycles. The topological polar surface area (TPSA) is 92.3 Å². The van der Waals surface area contributed by atoms with Gasteiger partial charge in [-0.15, -0.1) is 10.2 Å². The van der Waals surface area contributed by atoms with E-state index in [1.165, 1.54) is 24.3 Å². The third kappa shape index (κ3) is 6.34. The molecule has 0 aliphatic heterocycles. The van der Waals surface area contributed by atoms with Gasteiger partial charge >= 0.3 is 0 Å². The van der Waals surface area contributed by atoms with E-state index in [1.54, 1.807) is 30.0 Å². The van der Waals surface area contributed by atoms with E-state index in [-0.39, 0.29) is 0 Å². The van der Waals surface area contributed by atoms with E-state index in [0.29, 0.717) is 21.8 Å². The number of hydrogen-bond donors (Lipinski definition) is 1. The number of carbonyl (C=O) groups is 1. The molecule has 27 heavy (non-hydrogen) atoms. The molecule has 2 aromatic rings. The highest BCUT2D eigenvalue weighted by Gasteiger charge is 2.29. The Morgan fingerprint density at radius 2 is 2.04 bits per heavy atom. The van der Waals surface area contributed by atoms with Crippen molar-refractivity contribution < 1.29 is 13.2 Å². The van der Waals surface area contributed by atoms with Crippen molar-refractivity contribution in [3.63, 3.8) is 0 Å². The molecular weight excluding hydrogens is 428 g/mol. The summed E-state index contributed by atoms with van der Waals surface area (Å²) in [4.78, 5) is 12.6. The molecular formula is C16H21ClN4O3S3. The van der Waals surface area contributed by atoms with Gasteiger partial charge in [-0.1, -0.05) is 54.6 Å². The number of nitrogens with one attached hydrogen (secondary N) is 1. The van der Waals surface area contributed by atoms with Crippen molar-refractivity contribution in [2.45, 2.75) is 31.2 Å². The van der Waals surface area contributed by atoms with Crippen LogP contribution in [0.2, 0.25) is 5.02 Å². The number of sulfonamides is 1. The molecule has 0 aliphatic carbocycles. The molecule has 0 aliphatic rings. The highest BCUT2D eigenvalue weighted by molar-refractivity contribution is 8.01. The van der Waals surface area contributed by atoms with Crippen LogP contribution in [0.15, 0.2) is 28.6 Å². The lowest BCUT2D eigenvalue weighted by Crippen LogP contribution is -2.45. The highest BCUT2D eigenvalue weighted by atomic mass is 35.5. The van der Waals surface area contributed by atoms with Gasteiger partial charge in [0.25, 0.3) is 0 Å². The van der Waals surface area contributed by atoms with Crippen LogP contribution in [0.4, 0.5) is 10.8 Å². The van der Waals surface area contributed by atoms with Gasteiger partial charge in [0.1, 0.15) is 6.04 Å². The van der Waals surface area contributed by atoms with Crippen molar-refractivity contribution in [2.75, 3.05) is 21.6 Å². The summed E-state index contributed by atoms with van der Waals surface area (Å²) >= 11 is 8.79. The van der Waals surface area contributed by atoms with Gasteiger partial charge in [-0.2, -0.15) is 0 Å². The first kappa shape index (κ1) is 21.9. The van der Waals surface area contributed by atoms with E-state index >= 15 is 0 Å². The number of halogens is 1. The number of anilines is 2. The van der Waals surface area contributed by atoms with E-state index in [4.69, 9.17) is 11.6 Å². The molecule has 1 aromatic heterocycles. The lowest BCUT2D eigenvalue weighted by molar-refractivity contribution is -0.116. The molecule has 1 atom stereocenters. The fraction of sp³-hybridized carbons (Fsp3) is 0.438. The summed E-state index contributed by atoms with van der Waals surface area (Å²) in [6, 6.07) is 5.35. The molecule has 11 heteroatoms. The van der Waals surface area contributed by atoms with E-state index in [9.17, 15) is 13.2 Å². The number of nitrogens with zero attached hydrogens (tertiary/aromatic N) is 3. The van der Waals surface area contributed by atoms with Crippen LogP contribution in [0.3, 0.4) is 0 Å². The number of rotatable bonds is 8. The van der Waals surface area contributed by atoms with Crippen molar-refractivity contribution in [3.8, 4) is 0 Å². The van der Waals surface area contributed by atoms with Crippen LogP contribution in [-0.2, 0) is 14.8 Å². The average Bonchev–Trinajstić information content (AvgIpc) is 2.99. The fourth-order valence-electron chi connectivity index (χ4n) is 2.19. The molecule has 2 rings (SSSR count). The summed E-state index contributed by atoms with van der Waals surface area (Å²) in [5.74, 6) is 0.908. The van der Waals surface area contributed by atoms with E-state index in [0.717, 1.165) is 20.7 Å². The predicted octanol–water partition coefficient (Wildman–Crippen LogP) is 3.73. The van der Waals surface area contributed by atoms with Gasteiger partial charge in [-0.25, -0.2) is 8.42 Å². The Balaban J connectivity index is 2.16. The first-order valence-corrected chi connectivity index (χ1v) is 12.1. The Bertz CT molecular complexity index is 902. The first-order valence-electron chi connectivity index (χ1n) is 8.10. The van der Waals surface area contributed by atoms with Crippen molar-refractivity contribution in [1.29, 1.82) is 0 Å². The summed E-state index contributed by atoms with van der Waals surface area (Å²) in [6.45, 7) is 5.72. The average molecular weight is 449 g/mol. The molecule has 1 N–H and O–H groups in total. The van der Waals surface area contributed by atoms with Crippen LogP contribution in [0.25, 0.3) is 0 Å². The zero-order valence-electron chi connectivity index (χ0n) is 15.3. The Hall–Kier alpha value is -1.36. The Morgan fingerprint density at radius 3 is 2.63 bits per heavy atom. The summed E-state index contributed by atoms with van der Waals surface area (Å²) in [5, 5.41) is 11.3. The highest BCUT2D eigenvalue weighted by Crippen LogP contribution is 2.28. The lowest BCUT2D eigenvalue weighted by Gasteiger charge is -2.27. The van der Waals surface area contributed by atoms with Gasteiger partial charge in [-0.05, 0) is 31.0 Å². The maximum atomic E-state index is 12.6. The second-order valence-electron chi connectivity index (χ2n) is 6.28. The number of carbonyl (C=O) groups excluding carboxylic acids is 1. The van der Waals surface area contributed by atoms with Crippen LogP contribution < -0.4 is 9.62 Å². The van der Waals surface area contributed by atoms with E-state index in [1.807, 2.05) is 0 Å². The van der Waals surface area contributed by atoms with Gasteiger partial charge < -0.3 is 0 Å². The molecule has 0 spiro atoms. The standard InChI is InChI=1S/C16H21ClN4O3S3/c1-10(2)9-25-16-20-19-15(26-16)18-14(22)11(3)21(27(4,23)24)13-7-5-6-12(17)8-13/h5-8,10-11H,9H2,1-4H3,(H,18,19,22)/t11-/m0/s1. The number of hydrogen-bond acceptors (Lipinski definition) is 7. The minimum Gasteiger partial charge on any atom is -0.299 e. The van der Waals surface area contributed by atoms with E-state index < -0.39 is 22.0 Å². The monoisotopic (exact) mass is 448 g/mol. The Labute approximate surface area is 172 Å². The van der Waals surface area contributed by atoms with Crippen LogP contribution >= 0.6 is 34.7 Å². The van der Waals surface area contributed by atoms with Gasteiger partial charge in [0, 0.05) is 10.8 Å². The minimum atomic E-state index is -3.71. The quantitative estimate of drug-likeness (QED) is 0.488. The molecule has 148 valence electrons. The second kappa shape index (κ2) is 9.22. The molecule has 0 bridgehead atoms. The third-order valence-electron chi connectivity index (χ3n) is 3.33. The molecule has 0 saturated heterocycles. The van der Waals surface area contributed by atoms with Crippen molar-refractivity contribution in [3.05, 3.63) is 29.3 Å². The van der Waals surface area contributed by atoms with Crippen LogP contribution in [0.1, 0.15) is 20.8 Å². The van der Waals surface area contributed by atoms with Crippen LogP contribution in [0.5, 0.6) is 0 Å². The summed E-state index contributed by atoms with van der Waals surface area (Å²) < 4.78 is 26.3. The molecule has 0 unspecified atom stereocenters. The Kier molecular flexibility index (Phi) is 7.49. The molecule has 0 fully saturated rings. The van der Waals surface area contributed by atoms with Crippen LogP contribution in [-0.4, -0.2) is 42.6 Å². The van der Waals surface area contributed by atoms with Crippen LogP contribution in [0, 0.1) is 5.92 Å². The van der Waals surface area contributed by atoms with Crippen molar-refractivity contribution >= 4 is 61.4 Å². The number of thioether (sulfide) groups is 1. The molecule has 0 saturated carbocycles. The number of amides is 1. The van der Waals surface area contributed by atoms with Gasteiger partial charge in [0.15, 0.2) is 4.34 Å². The molecule has 1 amide bonds. The van der Waals surface area contributed by atoms with Gasteiger partial charge in [0.05, 0.1) is 11.9 Å². The van der Waals surface area contributed by atoms with Crippen molar-refractivity contribution in [2.24, 2.45) is 5.92 Å². The molecule has 1 aromatic carbocycles. The predicted molar refractivity (Wildman–Crippen MR) is 112 cm³/mol. The maximum absolute atomic E-state index is 12.6. The largest absolute Gasteiger partial charge is 0.299 e. The fourth-order valence-corrected chi connectivity index (χ4v) is 5.27. The lowest BCUT2D eigenvalue weighted by atomic mass is 10.2. The number of benzene rings is 1. The van der Waals surface area contributed by atoms with Gasteiger partial charge in [0.2, 0.25) is 21.1 Å². The van der Waals surface area contributed by atoms with E-state index in [2.05, 4.69) is 29.4 Å². The summed E-state index contributed by atoms with van der Waals surface area (Å²) in [5.41, 5.74) is 0.318. The third-order valence-corrected chi connectivity index (χ3v) is 7.20. The minimum absolute atomic E-state index is 0.318. The summed E-state index contributed by atoms with van der Waals surface area (Å²) in [6.07, 6.45) is 1.04. The molecule has 7 nitrogen and oxygen atoms in total. The molecule has 0 radical (unpaired) electrons. The van der Waals surface area contributed by atoms with Crippen molar-refractivity contribution in [1.82, 2.24) is 10.2 Å². The SMILES string of the molecule is CC(C)CSc1nnc(NC(=O)[C@H](C)N(c2cccc(Cl)c2)S(C)(=O)=O)s1. The zero-order chi connectivity index (χ0) is 20.2.